The molecule has 2 atom stereocenters. The van der Waals surface area contributed by atoms with E-state index in [4.69, 9.17) is 0 Å². The van der Waals surface area contributed by atoms with E-state index in [1.165, 1.54) is 17.1 Å². The summed E-state index contributed by atoms with van der Waals surface area (Å²) in [6.07, 6.45) is 3.60. The van der Waals surface area contributed by atoms with Crippen molar-refractivity contribution in [2.75, 3.05) is 41.6 Å². The van der Waals surface area contributed by atoms with Gasteiger partial charge in [-0.25, -0.2) is 8.42 Å². The number of hydrogen-bond acceptors (Lipinski definition) is 6. The smallest absolute Gasteiger partial charge is 0.251 e. The summed E-state index contributed by atoms with van der Waals surface area (Å²) < 4.78 is 26.8. The Balaban J connectivity index is 0.00000380. The minimum Gasteiger partial charge on any atom is -0.390 e. The van der Waals surface area contributed by atoms with Gasteiger partial charge in [-0.05, 0) is 75.3 Å². The number of sulfonamides is 1. The maximum atomic E-state index is 13.5. The third-order valence-electron chi connectivity index (χ3n) is 6.76. The minimum absolute atomic E-state index is 0. The quantitative estimate of drug-likeness (QED) is 0.323. The number of aliphatic hydroxyl groups is 1. The largest absolute Gasteiger partial charge is 0.390 e. The molecular formula is C27H39ClN4O4S. The predicted molar refractivity (Wildman–Crippen MR) is 151 cm³/mol. The summed E-state index contributed by atoms with van der Waals surface area (Å²) in [5.41, 5.74) is 2.56. The molecular weight excluding hydrogens is 512 g/mol. The Morgan fingerprint density at radius 2 is 1.89 bits per heavy atom. The zero-order valence-corrected chi connectivity index (χ0v) is 23.0. The number of carbonyl (C=O) groups is 1. The molecule has 10 heteroatoms. The highest BCUT2D eigenvalue weighted by atomic mass is 35.5. The molecule has 1 saturated heterocycles. The molecule has 0 unspecified atom stereocenters. The molecule has 1 amide bonds. The molecule has 8 nitrogen and oxygen atoms in total. The zero-order valence-electron chi connectivity index (χ0n) is 21.4. The fourth-order valence-electron chi connectivity index (χ4n) is 4.57. The molecule has 37 heavy (non-hydrogen) atoms. The van der Waals surface area contributed by atoms with E-state index in [0.29, 0.717) is 55.3 Å². The summed E-state index contributed by atoms with van der Waals surface area (Å²) in [6.45, 7) is 4.26. The number of rotatable bonds is 12. The van der Waals surface area contributed by atoms with Crippen molar-refractivity contribution in [3.8, 4) is 0 Å². The standard InChI is InChI=1S/C27H38N4O4S.ClH/c1-2-29-23-15-22(16-24(17-23)31-12-6-7-13-36(31,34)35)27(33)30-25(14-20-8-4-3-5-9-20)26(32)19-28-18-21-10-11-21;/h3-5,8-9,15-17,21,25-26,28-29,32H,2,6-7,10-14,18-19H2,1H3,(H,30,33);1H/t25-,26+;/m0./s1. The number of nitrogens with one attached hydrogen (secondary N) is 3. The molecule has 4 N–H and O–H groups in total. The van der Waals surface area contributed by atoms with Crippen LogP contribution in [0.4, 0.5) is 11.4 Å². The van der Waals surface area contributed by atoms with E-state index in [1.807, 2.05) is 37.3 Å². The second-order valence-electron chi connectivity index (χ2n) is 9.83. The third-order valence-corrected chi connectivity index (χ3v) is 8.63. The van der Waals surface area contributed by atoms with Gasteiger partial charge in [0.05, 0.1) is 23.6 Å². The van der Waals surface area contributed by atoms with Crippen molar-refractivity contribution >= 4 is 39.7 Å². The molecule has 2 aliphatic rings. The van der Waals surface area contributed by atoms with Crippen LogP contribution in [0.3, 0.4) is 0 Å². The normalized spacial score (nSPS) is 18.4. The van der Waals surface area contributed by atoms with E-state index < -0.39 is 22.2 Å². The van der Waals surface area contributed by atoms with Crippen molar-refractivity contribution in [3.05, 3.63) is 59.7 Å². The number of benzene rings is 2. The van der Waals surface area contributed by atoms with Crippen LogP contribution in [0.2, 0.25) is 0 Å². The molecule has 204 valence electrons. The fourth-order valence-corrected chi connectivity index (χ4v) is 6.20. The third kappa shape index (κ3) is 8.33. The maximum absolute atomic E-state index is 13.5. The Morgan fingerprint density at radius 1 is 1.14 bits per heavy atom. The average molecular weight is 551 g/mol. The van der Waals surface area contributed by atoms with E-state index in [-0.39, 0.29) is 24.1 Å². The number of amides is 1. The van der Waals surface area contributed by atoms with Gasteiger partial charge >= 0.3 is 0 Å². The summed E-state index contributed by atoms with van der Waals surface area (Å²) in [4.78, 5) is 13.5. The molecule has 4 rings (SSSR count). The Morgan fingerprint density at radius 3 is 2.57 bits per heavy atom. The number of anilines is 2. The van der Waals surface area contributed by atoms with Gasteiger partial charge in [0.15, 0.2) is 0 Å². The minimum atomic E-state index is -3.41. The van der Waals surface area contributed by atoms with Crippen LogP contribution in [0, 0.1) is 5.92 Å². The molecule has 1 saturated carbocycles. The van der Waals surface area contributed by atoms with E-state index in [9.17, 15) is 18.3 Å². The van der Waals surface area contributed by atoms with Crippen molar-refractivity contribution < 1.29 is 18.3 Å². The lowest BCUT2D eigenvalue weighted by molar-refractivity contribution is 0.0830. The summed E-state index contributed by atoms with van der Waals surface area (Å²) in [7, 11) is -3.41. The number of aliphatic hydroxyl groups excluding tert-OH is 1. The second kappa shape index (κ2) is 13.5. The average Bonchev–Trinajstić information content (AvgIpc) is 3.68. The SMILES string of the molecule is CCNc1cc(C(=O)N[C@@H](Cc2ccccc2)[C@H](O)CNCC2CC2)cc(N2CCCCS2(=O)=O)c1.Cl. The first-order chi connectivity index (χ1) is 17.4. The van der Waals surface area contributed by atoms with Gasteiger partial charge in [0.25, 0.3) is 5.91 Å². The highest BCUT2D eigenvalue weighted by molar-refractivity contribution is 7.92. The van der Waals surface area contributed by atoms with Gasteiger partial charge in [0.1, 0.15) is 0 Å². The van der Waals surface area contributed by atoms with Gasteiger partial charge in [-0.2, -0.15) is 0 Å². The van der Waals surface area contributed by atoms with Gasteiger partial charge in [-0.3, -0.25) is 9.10 Å². The maximum Gasteiger partial charge on any atom is 0.251 e. The lowest BCUT2D eigenvalue weighted by Gasteiger charge is -2.29. The van der Waals surface area contributed by atoms with Gasteiger partial charge < -0.3 is 21.1 Å². The Hall–Kier alpha value is -2.33. The molecule has 0 bridgehead atoms. The fraction of sp³-hybridized carbons (Fsp3) is 0.519. The molecule has 1 aliphatic carbocycles. The van der Waals surface area contributed by atoms with Crippen LogP contribution in [0.1, 0.15) is 48.5 Å². The zero-order chi connectivity index (χ0) is 25.5. The number of halogens is 1. The number of nitrogens with zero attached hydrogens (tertiary/aromatic N) is 1. The first-order valence-electron chi connectivity index (χ1n) is 13.0. The van der Waals surface area contributed by atoms with E-state index >= 15 is 0 Å². The van der Waals surface area contributed by atoms with E-state index in [2.05, 4.69) is 16.0 Å². The molecule has 1 aliphatic heterocycles. The van der Waals surface area contributed by atoms with Crippen LogP contribution in [0.15, 0.2) is 48.5 Å². The van der Waals surface area contributed by atoms with Crippen LogP contribution in [0.5, 0.6) is 0 Å². The van der Waals surface area contributed by atoms with Crippen molar-refractivity contribution in [2.45, 2.75) is 51.2 Å². The van der Waals surface area contributed by atoms with Crippen molar-refractivity contribution in [2.24, 2.45) is 5.92 Å². The lowest BCUT2D eigenvalue weighted by Crippen LogP contribution is -2.49. The Labute approximate surface area is 226 Å². The molecule has 0 spiro atoms. The number of carbonyl (C=O) groups excluding carboxylic acids is 1. The number of hydrogen-bond donors (Lipinski definition) is 4. The highest BCUT2D eigenvalue weighted by Crippen LogP contribution is 2.29. The van der Waals surface area contributed by atoms with Crippen LogP contribution >= 0.6 is 12.4 Å². The molecule has 2 aromatic rings. The van der Waals surface area contributed by atoms with Gasteiger partial charge in [0, 0.05) is 30.9 Å². The summed E-state index contributed by atoms with van der Waals surface area (Å²) in [5, 5.41) is 20.6. The molecule has 1 heterocycles. The Bertz CT molecular complexity index is 1130. The van der Waals surface area contributed by atoms with Gasteiger partial charge in [0.2, 0.25) is 10.0 Å². The van der Waals surface area contributed by atoms with Crippen molar-refractivity contribution in [3.63, 3.8) is 0 Å². The summed E-state index contributed by atoms with van der Waals surface area (Å²) >= 11 is 0. The molecule has 0 aromatic heterocycles. The van der Waals surface area contributed by atoms with E-state index in [0.717, 1.165) is 18.5 Å². The summed E-state index contributed by atoms with van der Waals surface area (Å²) in [5.74, 6) is 0.462. The Kier molecular flexibility index (Phi) is 10.6. The lowest BCUT2D eigenvalue weighted by atomic mass is 10.00. The monoisotopic (exact) mass is 550 g/mol. The summed E-state index contributed by atoms with van der Waals surface area (Å²) in [6, 6.07) is 14.4. The predicted octanol–water partition coefficient (Wildman–Crippen LogP) is 3.17. The van der Waals surface area contributed by atoms with Crippen LogP contribution in [-0.2, 0) is 16.4 Å². The van der Waals surface area contributed by atoms with Crippen molar-refractivity contribution in [1.29, 1.82) is 0 Å². The first kappa shape index (κ1) is 29.2. The van der Waals surface area contributed by atoms with E-state index in [1.54, 1.807) is 18.2 Å². The topological polar surface area (TPSA) is 111 Å². The highest BCUT2D eigenvalue weighted by Gasteiger charge is 2.28. The van der Waals surface area contributed by atoms with Gasteiger partial charge in [-0.1, -0.05) is 30.3 Å². The van der Waals surface area contributed by atoms with Gasteiger partial charge in [-0.15, -0.1) is 12.4 Å². The first-order valence-corrected chi connectivity index (χ1v) is 14.6. The molecule has 0 radical (unpaired) electrons. The molecule has 2 fully saturated rings. The molecule has 2 aromatic carbocycles. The van der Waals surface area contributed by atoms with Crippen LogP contribution < -0.4 is 20.3 Å². The van der Waals surface area contributed by atoms with Crippen LogP contribution in [0.25, 0.3) is 0 Å². The second-order valence-corrected chi connectivity index (χ2v) is 11.8. The van der Waals surface area contributed by atoms with Crippen molar-refractivity contribution in [1.82, 2.24) is 10.6 Å². The van der Waals surface area contributed by atoms with Crippen LogP contribution in [-0.4, -0.2) is 63.5 Å².